The molecule has 1 aromatic rings. The number of aliphatic hydroxyl groups is 1. The minimum absolute atomic E-state index is 0.130. The topological polar surface area (TPSA) is 62.2 Å². The quantitative estimate of drug-likeness (QED) is 0.803. The Kier molecular flexibility index (Phi) is 4.43. The molecule has 0 bridgehead atoms. The summed E-state index contributed by atoms with van der Waals surface area (Å²) < 4.78 is 0. The lowest BCUT2D eigenvalue weighted by Crippen LogP contribution is -2.35. The molecule has 1 rings (SSSR count). The molecule has 0 spiro atoms. The number of hydrogen-bond donors (Lipinski definition) is 2. The maximum Gasteiger partial charge on any atom is 0.269 e. The molecule has 88 valence electrons. The van der Waals surface area contributed by atoms with Crippen LogP contribution in [0.5, 0.6) is 0 Å². The Morgan fingerprint density at radius 1 is 1.50 bits per heavy atom. The van der Waals surface area contributed by atoms with Gasteiger partial charge < -0.3 is 10.4 Å². The van der Waals surface area contributed by atoms with Crippen molar-refractivity contribution in [3.63, 3.8) is 0 Å². The van der Waals surface area contributed by atoms with E-state index >= 15 is 0 Å². The van der Waals surface area contributed by atoms with Crippen molar-refractivity contribution in [1.82, 2.24) is 10.3 Å². The first-order valence-corrected chi connectivity index (χ1v) is 5.40. The summed E-state index contributed by atoms with van der Waals surface area (Å²) in [6.45, 7) is 5.90. The smallest absolute Gasteiger partial charge is 0.269 e. The van der Waals surface area contributed by atoms with Gasteiger partial charge in [-0.25, -0.2) is 4.98 Å². The van der Waals surface area contributed by atoms with Crippen molar-refractivity contribution in [3.8, 4) is 0 Å². The van der Waals surface area contributed by atoms with Gasteiger partial charge in [0.05, 0.1) is 6.10 Å². The number of rotatable bonds is 4. The lowest BCUT2D eigenvalue weighted by molar-refractivity contribution is 0.0867. The van der Waals surface area contributed by atoms with Gasteiger partial charge in [0.1, 0.15) is 5.69 Å². The summed E-state index contributed by atoms with van der Waals surface area (Å²) in [4.78, 5) is 15.7. The first-order chi connectivity index (χ1) is 7.50. The van der Waals surface area contributed by atoms with E-state index < -0.39 is 6.10 Å². The van der Waals surface area contributed by atoms with Crippen LogP contribution < -0.4 is 5.32 Å². The highest BCUT2D eigenvalue weighted by atomic mass is 16.3. The van der Waals surface area contributed by atoms with E-state index in [2.05, 4.69) is 10.3 Å². The highest BCUT2D eigenvalue weighted by molar-refractivity contribution is 5.92. The Balaban J connectivity index is 2.53. The third kappa shape index (κ3) is 3.62. The predicted molar refractivity (Wildman–Crippen MR) is 62.2 cm³/mol. The summed E-state index contributed by atoms with van der Waals surface area (Å²) in [7, 11) is 0. The zero-order valence-electron chi connectivity index (χ0n) is 9.90. The van der Waals surface area contributed by atoms with Gasteiger partial charge in [0.2, 0.25) is 0 Å². The van der Waals surface area contributed by atoms with Gasteiger partial charge in [0.15, 0.2) is 0 Å². The van der Waals surface area contributed by atoms with Crippen molar-refractivity contribution in [3.05, 3.63) is 29.6 Å². The van der Waals surface area contributed by atoms with Crippen LogP contribution in [-0.2, 0) is 0 Å². The number of aryl methyl sites for hydroxylation is 1. The molecule has 0 saturated carbocycles. The number of aliphatic hydroxyl groups excluding tert-OH is 1. The van der Waals surface area contributed by atoms with E-state index in [0.29, 0.717) is 5.69 Å². The second-order valence-corrected chi connectivity index (χ2v) is 4.19. The number of carbonyl (C=O) groups is 1. The number of nitrogens with zero attached hydrogens (tertiary/aromatic N) is 1. The molecule has 1 heterocycles. The van der Waals surface area contributed by atoms with Crippen molar-refractivity contribution < 1.29 is 9.90 Å². The van der Waals surface area contributed by atoms with Crippen molar-refractivity contribution >= 4 is 5.91 Å². The molecule has 0 saturated heterocycles. The van der Waals surface area contributed by atoms with Crippen molar-refractivity contribution in [1.29, 1.82) is 0 Å². The second-order valence-electron chi connectivity index (χ2n) is 4.19. The van der Waals surface area contributed by atoms with Crippen LogP contribution in [0.3, 0.4) is 0 Å². The molecule has 0 fully saturated rings. The van der Waals surface area contributed by atoms with Gasteiger partial charge in [-0.3, -0.25) is 4.79 Å². The maximum absolute atomic E-state index is 11.6. The maximum atomic E-state index is 11.6. The largest absolute Gasteiger partial charge is 0.391 e. The van der Waals surface area contributed by atoms with Gasteiger partial charge >= 0.3 is 0 Å². The summed E-state index contributed by atoms with van der Waals surface area (Å²) >= 11 is 0. The molecule has 1 unspecified atom stereocenters. The molecule has 16 heavy (non-hydrogen) atoms. The van der Waals surface area contributed by atoms with Crippen LogP contribution in [0, 0.1) is 12.8 Å². The SMILES string of the molecule is Cc1cccc(C(=O)NCC(O)C(C)C)n1. The van der Waals surface area contributed by atoms with E-state index in [9.17, 15) is 9.90 Å². The predicted octanol–water partition coefficient (Wildman–Crippen LogP) is 1.14. The van der Waals surface area contributed by atoms with Gasteiger partial charge in [0.25, 0.3) is 5.91 Å². The summed E-state index contributed by atoms with van der Waals surface area (Å²) in [6, 6.07) is 5.28. The van der Waals surface area contributed by atoms with Crippen LogP contribution >= 0.6 is 0 Å². The average molecular weight is 222 g/mol. The summed E-state index contributed by atoms with van der Waals surface area (Å²) in [5, 5.41) is 12.2. The van der Waals surface area contributed by atoms with Gasteiger partial charge in [0, 0.05) is 12.2 Å². The molecule has 0 radical (unpaired) electrons. The Bertz CT molecular complexity index is 364. The Hall–Kier alpha value is -1.42. The lowest BCUT2D eigenvalue weighted by atomic mass is 10.1. The van der Waals surface area contributed by atoms with E-state index in [1.54, 1.807) is 12.1 Å². The van der Waals surface area contributed by atoms with E-state index in [4.69, 9.17) is 0 Å². The molecule has 0 aliphatic rings. The molecular formula is C12H18N2O2. The summed E-state index contributed by atoms with van der Waals surface area (Å²) in [5.74, 6) is -0.117. The molecule has 1 aromatic heterocycles. The van der Waals surface area contributed by atoms with E-state index in [-0.39, 0.29) is 18.4 Å². The normalized spacial score (nSPS) is 12.6. The minimum Gasteiger partial charge on any atom is -0.391 e. The van der Waals surface area contributed by atoms with Crippen LogP contribution in [0.15, 0.2) is 18.2 Å². The number of aromatic nitrogens is 1. The van der Waals surface area contributed by atoms with Crippen LogP contribution in [0.25, 0.3) is 0 Å². The minimum atomic E-state index is -0.520. The lowest BCUT2D eigenvalue weighted by Gasteiger charge is -2.14. The summed E-state index contributed by atoms with van der Waals surface area (Å²) in [5.41, 5.74) is 1.19. The van der Waals surface area contributed by atoms with Crippen LogP contribution in [0.1, 0.15) is 30.0 Å². The number of amides is 1. The molecule has 1 amide bonds. The number of carbonyl (C=O) groups excluding carboxylic acids is 1. The number of pyridine rings is 1. The molecule has 0 aliphatic carbocycles. The second kappa shape index (κ2) is 5.61. The standard InChI is InChI=1S/C12H18N2O2/c1-8(2)11(15)7-13-12(16)10-6-4-5-9(3)14-10/h4-6,8,11,15H,7H2,1-3H3,(H,13,16). The van der Waals surface area contributed by atoms with E-state index in [1.165, 1.54) is 0 Å². The summed E-state index contributed by atoms with van der Waals surface area (Å²) in [6.07, 6.45) is -0.520. The Labute approximate surface area is 95.7 Å². The third-order valence-electron chi connectivity index (χ3n) is 2.36. The third-order valence-corrected chi connectivity index (χ3v) is 2.36. The molecule has 2 N–H and O–H groups in total. The van der Waals surface area contributed by atoms with E-state index in [0.717, 1.165) is 5.69 Å². The molecule has 0 aliphatic heterocycles. The Morgan fingerprint density at radius 3 is 2.75 bits per heavy atom. The molecule has 0 aromatic carbocycles. The van der Waals surface area contributed by atoms with Crippen molar-refractivity contribution in [2.75, 3.05) is 6.54 Å². The van der Waals surface area contributed by atoms with Crippen molar-refractivity contribution in [2.45, 2.75) is 26.9 Å². The molecular weight excluding hydrogens is 204 g/mol. The zero-order valence-corrected chi connectivity index (χ0v) is 9.90. The molecule has 4 heteroatoms. The fourth-order valence-corrected chi connectivity index (χ4v) is 1.19. The first-order valence-electron chi connectivity index (χ1n) is 5.40. The number of hydrogen-bond acceptors (Lipinski definition) is 3. The highest BCUT2D eigenvalue weighted by Gasteiger charge is 2.12. The Morgan fingerprint density at radius 2 is 2.19 bits per heavy atom. The molecule has 1 atom stereocenters. The highest BCUT2D eigenvalue weighted by Crippen LogP contribution is 2.01. The zero-order chi connectivity index (χ0) is 12.1. The van der Waals surface area contributed by atoms with E-state index in [1.807, 2.05) is 26.8 Å². The van der Waals surface area contributed by atoms with Gasteiger partial charge in [-0.1, -0.05) is 19.9 Å². The fourth-order valence-electron chi connectivity index (χ4n) is 1.19. The first kappa shape index (κ1) is 12.6. The average Bonchev–Trinajstić information content (AvgIpc) is 2.25. The fraction of sp³-hybridized carbons (Fsp3) is 0.500. The van der Waals surface area contributed by atoms with Crippen molar-refractivity contribution in [2.24, 2.45) is 5.92 Å². The van der Waals surface area contributed by atoms with Crippen LogP contribution in [0.2, 0.25) is 0 Å². The molecule has 4 nitrogen and oxygen atoms in total. The van der Waals surface area contributed by atoms with Gasteiger partial charge in [-0.15, -0.1) is 0 Å². The van der Waals surface area contributed by atoms with Crippen LogP contribution in [0.4, 0.5) is 0 Å². The number of nitrogens with one attached hydrogen (secondary N) is 1. The van der Waals surface area contributed by atoms with Gasteiger partial charge in [-0.05, 0) is 25.0 Å². The van der Waals surface area contributed by atoms with Crippen LogP contribution in [-0.4, -0.2) is 28.6 Å². The van der Waals surface area contributed by atoms with Gasteiger partial charge in [-0.2, -0.15) is 0 Å². The monoisotopic (exact) mass is 222 g/mol.